The van der Waals surface area contributed by atoms with Gasteiger partial charge in [-0.05, 0) is 53.7 Å². The Balaban J connectivity index is 0.000000254. The first-order valence-electron chi connectivity index (χ1n) is 20.7. The maximum Gasteiger partial charge on any atom is 0.333 e. The van der Waals surface area contributed by atoms with Crippen LogP contribution in [0, 0.1) is 13.8 Å². The Hall–Kier alpha value is -7.29. The molecule has 8 rings (SSSR count). The number of amides is 1. The molecule has 2 aromatic carbocycles. The fraction of sp³-hybridized carbons (Fsp3) is 0.318. The van der Waals surface area contributed by atoms with Gasteiger partial charge in [-0.15, -0.1) is 22.0 Å². The summed E-state index contributed by atoms with van der Waals surface area (Å²) in [5.41, 5.74) is 1.05. The molecule has 0 aliphatic heterocycles. The van der Waals surface area contributed by atoms with Gasteiger partial charge in [0.15, 0.2) is 0 Å². The summed E-state index contributed by atoms with van der Waals surface area (Å²) >= 11 is 2.25. The second-order valence-electron chi connectivity index (χ2n) is 16.4. The molecule has 2 atom stereocenters. The largest absolute Gasteiger partial charge is 0.496 e. The number of nitrogens with two attached hydrogens (primary N) is 1. The molecule has 1 amide bonds. The van der Waals surface area contributed by atoms with E-state index >= 15 is 0 Å². The molecule has 6 aromatic heterocycles. The third-order valence-electron chi connectivity index (χ3n) is 11.5. The number of fused-ring (bicyclic) bond motifs is 2. The van der Waals surface area contributed by atoms with E-state index < -0.39 is 57.7 Å². The third-order valence-corrected chi connectivity index (χ3v) is 14.1. The average Bonchev–Trinajstić information content (AvgIpc) is 4.14. The number of halogens is 1. The Bertz CT molecular complexity index is 3240. The topological polar surface area (TPSA) is 324 Å². The minimum absolute atomic E-state index is 0. The predicted molar refractivity (Wildman–Crippen MR) is 264 cm³/mol. The van der Waals surface area contributed by atoms with Gasteiger partial charge in [0.05, 0.1) is 62.9 Å². The van der Waals surface area contributed by atoms with Crippen LogP contribution in [-0.4, -0.2) is 89.7 Å². The summed E-state index contributed by atoms with van der Waals surface area (Å²) in [6, 6.07) is 13.7. The molecule has 372 valence electrons. The van der Waals surface area contributed by atoms with Crippen LogP contribution in [0.4, 0.5) is 0 Å². The van der Waals surface area contributed by atoms with Crippen LogP contribution in [0.1, 0.15) is 62.2 Å². The summed E-state index contributed by atoms with van der Waals surface area (Å²) in [6.45, 7) is 8.33. The Morgan fingerprint density at radius 2 is 1.00 bits per heavy atom. The Kier molecular flexibility index (Phi) is 15.9. The van der Waals surface area contributed by atoms with Crippen molar-refractivity contribution in [3.8, 4) is 21.5 Å². The lowest BCUT2D eigenvalue weighted by molar-refractivity contribution is -0.146. The van der Waals surface area contributed by atoms with Gasteiger partial charge in [0.2, 0.25) is 5.91 Å². The molecule has 8 N–H and O–H groups in total. The highest BCUT2D eigenvalue weighted by Crippen LogP contribution is 2.35. The Morgan fingerprint density at radius 3 is 1.33 bits per heavy atom. The first kappa shape index (κ1) is 53.7. The standard InChI is InChI=1S/C22H24N6O5S.C22H23N5O6S.ClH.H3N/c1-12-16-17(30)27(22(2,3)20(23)31)21(32)26(19(16)34-18(12)28-24-9-10-25-28)11-14(29)13-7-5-6-8-15(13)33-4;1-12-16-17(29)26(22(2,3)20(30)31)21(32)25(19(16)34-18(12)27-23-9-10-24-27)11-14(28)13-7-5-6-8-15(13)33-4;;/h5-10,14,29H,11H2,1-4H3,(H2,23,31);5-10,14,28H,11H2,1-4H3,(H,30,31);1H;1H3/t2*14-;;/m00../s1. The predicted octanol–water partition coefficient (Wildman–Crippen LogP) is 3.34. The smallest absolute Gasteiger partial charge is 0.333 e. The molecule has 70 heavy (non-hydrogen) atoms. The van der Waals surface area contributed by atoms with Gasteiger partial charge < -0.3 is 36.7 Å². The van der Waals surface area contributed by atoms with Gasteiger partial charge in [0.25, 0.3) is 11.1 Å². The van der Waals surface area contributed by atoms with Crippen molar-refractivity contribution in [1.82, 2.24) is 54.4 Å². The van der Waals surface area contributed by atoms with Crippen LogP contribution in [0.5, 0.6) is 11.5 Å². The quantitative estimate of drug-likeness (QED) is 0.104. The van der Waals surface area contributed by atoms with Crippen LogP contribution < -0.4 is 43.9 Å². The molecule has 0 saturated heterocycles. The number of aliphatic hydroxyl groups excluding tert-OH is 2. The van der Waals surface area contributed by atoms with Crippen LogP contribution in [0.25, 0.3) is 30.4 Å². The van der Waals surface area contributed by atoms with Gasteiger partial charge in [-0.1, -0.05) is 59.1 Å². The highest BCUT2D eigenvalue weighted by atomic mass is 35.5. The molecule has 0 saturated carbocycles. The van der Waals surface area contributed by atoms with Gasteiger partial charge in [0.1, 0.15) is 54.4 Å². The first-order valence-corrected chi connectivity index (χ1v) is 22.3. The van der Waals surface area contributed by atoms with Crippen molar-refractivity contribution < 1.29 is 34.4 Å². The molecular weight excluding hydrogens is 972 g/mol. The van der Waals surface area contributed by atoms with Crippen LogP contribution in [0.2, 0.25) is 0 Å². The average molecular weight is 1020 g/mol. The Labute approximate surface area is 411 Å². The minimum atomic E-state index is -1.84. The molecule has 6 heterocycles. The van der Waals surface area contributed by atoms with Crippen LogP contribution in [0.3, 0.4) is 0 Å². The van der Waals surface area contributed by atoms with Crippen molar-refractivity contribution in [3.05, 3.63) is 137 Å². The van der Waals surface area contributed by atoms with Crippen molar-refractivity contribution >= 4 is 67.4 Å². The fourth-order valence-electron chi connectivity index (χ4n) is 7.63. The van der Waals surface area contributed by atoms with Crippen molar-refractivity contribution in [2.45, 2.75) is 77.9 Å². The Morgan fingerprint density at radius 1 is 0.657 bits per heavy atom. The molecule has 0 bridgehead atoms. The number of carboxylic acid groups (broad SMARTS) is 1. The zero-order valence-electron chi connectivity index (χ0n) is 39.1. The lowest BCUT2D eigenvalue weighted by atomic mass is 10.0. The molecule has 23 nitrogen and oxygen atoms in total. The summed E-state index contributed by atoms with van der Waals surface area (Å²) in [5.74, 6) is -1.30. The summed E-state index contributed by atoms with van der Waals surface area (Å²) in [4.78, 5) is 81.7. The number of aromatic nitrogens is 10. The second kappa shape index (κ2) is 20.7. The molecule has 26 heteroatoms. The number of rotatable bonds is 14. The van der Waals surface area contributed by atoms with E-state index in [4.69, 9.17) is 15.2 Å². The highest BCUT2D eigenvalue weighted by Gasteiger charge is 2.37. The fourth-order valence-corrected chi connectivity index (χ4v) is 10.1. The van der Waals surface area contributed by atoms with Crippen molar-refractivity contribution in [2.24, 2.45) is 5.73 Å². The van der Waals surface area contributed by atoms with E-state index in [0.29, 0.717) is 53.2 Å². The number of aryl methyl sites for hydroxylation is 2. The van der Waals surface area contributed by atoms with Gasteiger partial charge in [-0.25, -0.2) is 23.5 Å². The number of carbonyl (C=O) groups is 2. The molecule has 8 aromatic rings. The maximum atomic E-state index is 13.6. The van der Waals surface area contributed by atoms with E-state index in [-0.39, 0.29) is 47.2 Å². The van der Waals surface area contributed by atoms with Gasteiger partial charge in [-0.2, -0.15) is 20.4 Å². The van der Waals surface area contributed by atoms with E-state index in [0.717, 1.165) is 27.2 Å². The van der Waals surface area contributed by atoms with Crippen molar-refractivity contribution in [1.29, 1.82) is 0 Å². The number of hydrogen-bond acceptors (Lipinski definition) is 17. The number of primary amides is 1. The van der Waals surface area contributed by atoms with E-state index in [1.165, 1.54) is 85.4 Å². The maximum absolute atomic E-state index is 13.6. The number of carbonyl (C=O) groups excluding carboxylic acids is 1. The highest BCUT2D eigenvalue weighted by molar-refractivity contribution is 7.21. The van der Waals surface area contributed by atoms with Crippen LogP contribution in [0.15, 0.2) is 92.5 Å². The molecule has 0 radical (unpaired) electrons. The van der Waals surface area contributed by atoms with Gasteiger partial charge in [-0.3, -0.25) is 23.5 Å². The zero-order valence-corrected chi connectivity index (χ0v) is 41.5. The van der Waals surface area contributed by atoms with E-state index in [9.17, 15) is 44.1 Å². The minimum Gasteiger partial charge on any atom is -0.496 e. The number of methoxy groups -OCH3 is 2. The van der Waals surface area contributed by atoms with E-state index in [1.807, 2.05) is 0 Å². The second-order valence-corrected chi connectivity index (χ2v) is 18.4. The molecule has 0 aliphatic rings. The zero-order chi connectivity index (χ0) is 49.6. The van der Waals surface area contributed by atoms with Crippen LogP contribution in [-0.2, 0) is 33.8 Å². The van der Waals surface area contributed by atoms with E-state index in [1.54, 1.807) is 62.4 Å². The molecular formula is C44H51ClN12O11S2. The summed E-state index contributed by atoms with van der Waals surface area (Å²) in [7, 11) is 2.95. The number of nitrogens with zero attached hydrogens (tertiary/aromatic N) is 10. The van der Waals surface area contributed by atoms with Gasteiger partial charge >= 0.3 is 17.3 Å². The first-order chi connectivity index (χ1) is 32.2. The number of benzene rings is 2. The number of hydrogen-bond donors (Lipinski definition) is 5. The van der Waals surface area contributed by atoms with Crippen molar-refractivity contribution in [2.75, 3.05) is 14.2 Å². The lowest BCUT2D eigenvalue weighted by Gasteiger charge is -2.25. The number of carboxylic acids is 1. The third kappa shape index (κ3) is 9.28. The number of para-hydroxylation sites is 2. The SMILES string of the molecule is COc1ccccc1[C@@H](O)Cn1c(=O)n(C(C)(C)C(=O)O)c(=O)c2c(C)c(-n3nccn3)sc21.COc1ccccc1[C@@H](O)Cn1c(=O)n(C(C)(C)C(N)=O)c(=O)c2c(C)c(-n3nccn3)sc21.Cl.N. The number of ether oxygens (including phenoxy) is 2. The molecule has 0 unspecified atom stereocenters. The van der Waals surface area contributed by atoms with Gasteiger partial charge in [0, 0.05) is 22.3 Å². The molecule has 0 aliphatic carbocycles. The van der Waals surface area contributed by atoms with Crippen molar-refractivity contribution in [3.63, 3.8) is 0 Å². The summed E-state index contributed by atoms with van der Waals surface area (Å²) in [6.07, 6.45) is 3.63. The van der Waals surface area contributed by atoms with Crippen LogP contribution >= 0.6 is 35.1 Å². The number of thiophene rings is 2. The summed E-state index contributed by atoms with van der Waals surface area (Å²) in [5, 5.41) is 49.8. The monoisotopic (exact) mass is 1020 g/mol. The summed E-state index contributed by atoms with van der Waals surface area (Å²) < 4.78 is 14.7. The molecule has 0 spiro atoms. The number of aliphatic carboxylic acids is 1. The van der Waals surface area contributed by atoms with E-state index in [2.05, 4.69) is 20.4 Å². The molecule has 0 fully saturated rings. The lowest BCUT2D eigenvalue weighted by Crippen LogP contribution is -2.54. The number of aliphatic hydroxyl groups is 2. The normalized spacial score (nSPS) is 12.4.